The molecule has 5 nitrogen and oxygen atoms in total. The van der Waals surface area contributed by atoms with E-state index in [9.17, 15) is 9.18 Å². The molecule has 29 heavy (non-hydrogen) atoms. The summed E-state index contributed by atoms with van der Waals surface area (Å²) in [6.45, 7) is 3.48. The Morgan fingerprint density at radius 3 is 2.79 bits per heavy atom. The standard InChI is InChI=1S/C23H29FN4O/c24-20-8-4-6-18(14-20)9-10-19-7-5-13-28(17-19)22-16-25-15-21(26-22)23(29)27-11-2-1-3-12-27/h4,6,8,14-16,19H,1-3,5,7,9-13,17H2. The Hall–Kier alpha value is -2.50. The summed E-state index contributed by atoms with van der Waals surface area (Å²) < 4.78 is 13.4. The van der Waals surface area contributed by atoms with Crippen molar-refractivity contribution >= 4 is 11.7 Å². The number of amides is 1. The Morgan fingerprint density at radius 1 is 1.10 bits per heavy atom. The van der Waals surface area contributed by atoms with E-state index in [1.54, 1.807) is 24.5 Å². The molecule has 0 radical (unpaired) electrons. The highest BCUT2D eigenvalue weighted by Crippen LogP contribution is 2.25. The minimum Gasteiger partial charge on any atom is -0.355 e. The number of anilines is 1. The predicted molar refractivity (Wildman–Crippen MR) is 111 cm³/mol. The Bertz CT molecular complexity index is 837. The zero-order valence-electron chi connectivity index (χ0n) is 16.9. The van der Waals surface area contributed by atoms with Crippen molar-refractivity contribution in [3.63, 3.8) is 0 Å². The van der Waals surface area contributed by atoms with Gasteiger partial charge in [-0.3, -0.25) is 9.78 Å². The third-order valence-corrected chi connectivity index (χ3v) is 6.06. The Balaban J connectivity index is 1.38. The van der Waals surface area contributed by atoms with E-state index in [4.69, 9.17) is 0 Å². The van der Waals surface area contributed by atoms with E-state index in [-0.39, 0.29) is 11.7 Å². The van der Waals surface area contributed by atoms with Gasteiger partial charge in [-0.25, -0.2) is 9.37 Å². The number of hydrogen-bond donors (Lipinski definition) is 0. The quantitative estimate of drug-likeness (QED) is 0.764. The first-order valence-corrected chi connectivity index (χ1v) is 10.8. The van der Waals surface area contributed by atoms with Gasteiger partial charge < -0.3 is 9.80 Å². The van der Waals surface area contributed by atoms with Gasteiger partial charge in [0.2, 0.25) is 0 Å². The molecule has 2 fully saturated rings. The summed E-state index contributed by atoms with van der Waals surface area (Å²) in [5.74, 6) is 1.16. The number of aromatic nitrogens is 2. The number of aryl methyl sites for hydroxylation is 1. The number of carbonyl (C=O) groups is 1. The second-order valence-electron chi connectivity index (χ2n) is 8.24. The van der Waals surface area contributed by atoms with Crippen molar-refractivity contribution < 1.29 is 9.18 Å². The van der Waals surface area contributed by atoms with Crippen LogP contribution in [-0.4, -0.2) is 47.0 Å². The van der Waals surface area contributed by atoms with E-state index < -0.39 is 0 Å². The van der Waals surface area contributed by atoms with Crippen LogP contribution in [-0.2, 0) is 6.42 Å². The van der Waals surface area contributed by atoms with Crippen LogP contribution in [0.1, 0.15) is 54.6 Å². The molecule has 0 N–H and O–H groups in total. The Kier molecular flexibility index (Phi) is 6.37. The molecule has 2 aliphatic rings. The van der Waals surface area contributed by atoms with Crippen LogP contribution in [0.5, 0.6) is 0 Å². The largest absolute Gasteiger partial charge is 0.355 e. The van der Waals surface area contributed by atoms with Crippen LogP contribution in [0.15, 0.2) is 36.7 Å². The number of piperidine rings is 2. The average molecular weight is 397 g/mol. The first kappa shape index (κ1) is 19.8. The van der Waals surface area contributed by atoms with Crippen LogP contribution < -0.4 is 4.90 Å². The smallest absolute Gasteiger partial charge is 0.274 e. The molecule has 4 rings (SSSR count). The zero-order valence-corrected chi connectivity index (χ0v) is 16.9. The maximum Gasteiger partial charge on any atom is 0.274 e. The topological polar surface area (TPSA) is 49.3 Å². The predicted octanol–water partition coefficient (Wildman–Crippen LogP) is 4.09. The van der Waals surface area contributed by atoms with Crippen LogP contribution in [0, 0.1) is 11.7 Å². The number of hydrogen-bond acceptors (Lipinski definition) is 4. The SMILES string of the molecule is O=C(c1cncc(N2CCCC(CCc3cccc(F)c3)C2)n1)N1CCCCC1. The number of halogens is 1. The third-order valence-electron chi connectivity index (χ3n) is 6.06. The molecular formula is C23H29FN4O. The van der Waals surface area contributed by atoms with E-state index in [2.05, 4.69) is 14.9 Å². The fourth-order valence-corrected chi connectivity index (χ4v) is 4.44. The number of rotatable bonds is 5. The van der Waals surface area contributed by atoms with Crippen LogP contribution in [0.3, 0.4) is 0 Å². The fourth-order valence-electron chi connectivity index (χ4n) is 4.44. The van der Waals surface area contributed by atoms with Crippen LogP contribution in [0.4, 0.5) is 10.2 Å². The maximum atomic E-state index is 13.4. The van der Waals surface area contributed by atoms with Gasteiger partial charge in [-0.05, 0) is 68.6 Å². The van der Waals surface area contributed by atoms with Gasteiger partial charge in [-0.1, -0.05) is 12.1 Å². The number of carbonyl (C=O) groups excluding carboxylic acids is 1. The summed E-state index contributed by atoms with van der Waals surface area (Å²) in [4.78, 5) is 25.9. The molecule has 2 saturated heterocycles. The molecule has 154 valence electrons. The summed E-state index contributed by atoms with van der Waals surface area (Å²) in [5.41, 5.74) is 1.50. The highest BCUT2D eigenvalue weighted by Gasteiger charge is 2.24. The van der Waals surface area contributed by atoms with E-state index in [0.717, 1.165) is 69.7 Å². The molecule has 0 spiro atoms. The second kappa shape index (κ2) is 9.33. The van der Waals surface area contributed by atoms with Gasteiger partial charge in [0.05, 0.1) is 12.4 Å². The molecule has 0 bridgehead atoms. The lowest BCUT2D eigenvalue weighted by molar-refractivity contribution is 0.0718. The van der Waals surface area contributed by atoms with Crippen LogP contribution >= 0.6 is 0 Å². The van der Waals surface area contributed by atoms with E-state index in [1.165, 1.54) is 18.9 Å². The summed E-state index contributed by atoms with van der Waals surface area (Å²) in [5, 5.41) is 0. The maximum absolute atomic E-state index is 13.4. The lowest BCUT2D eigenvalue weighted by Crippen LogP contribution is -2.38. The molecule has 1 atom stereocenters. The molecule has 1 amide bonds. The van der Waals surface area contributed by atoms with Crippen molar-refractivity contribution in [2.45, 2.75) is 44.9 Å². The molecule has 0 aliphatic carbocycles. The van der Waals surface area contributed by atoms with Gasteiger partial charge in [0.25, 0.3) is 5.91 Å². The first-order chi connectivity index (χ1) is 14.2. The van der Waals surface area contributed by atoms with Crippen molar-refractivity contribution in [3.8, 4) is 0 Å². The molecule has 1 aromatic heterocycles. The highest BCUT2D eigenvalue weighted by atomic mass is 19.1. The molecule has 2 aliphatic heterocycles. The molecule has 6 heteroatoms. The zero-order chi connectivity index (χ0) is 20.1. The van der Waals surface area contributed by atoms with E-state index in [1.807, 2.05) is 11.0 Å². The van der Waals surface area contributed by atoms with Crippen molar-refractivity contribution in [2.75, 3.05) is 31.1 Å². The van der Waals surface area contributed by atoms with Crippen molar-refractivity contribution in [3.05, 3.63) is 53.7 Å². The molecule has 3 heterocycles. The number of likely N-dealkylation sites (tertiary alicyclic amines) is 1. The number of nitrogens with zero attached hydrogens (tertiary/aromatic N) is 4. The third kappa shape index (κ3) is 5.11. The Labute approximate surface area is 172 Å². The fraction of sp³-hybridized carbons (Fsp3) is 0.522. The minimum atomic E-state index is -0.168. The van der Waals surface area contributed by atoms with Gasteiger partial charge in [0, 0.05) is 26.2 Å². The molecular weight excluding hydrogens is 367 g/mol. The minimum absolute atomic E-state index is 0.00119. The van der Waals surface area contributed by atoms with Gasteiger partial charge >= 0.3 is 0 Å². The lowest BCUT2D eigenvalue weighted by Gasteiger charge is -2.34. The number of benzene rings is 1. The summed E-state index contributed by atoms with van der Waals surface area (Å²) in [6, 6.07) is 6.88. The van der Waals surface area contributed by atoms with Crippen LogP contribution in [0.2, 0.25) is 0 Å². The Morgan fingerprint density at radius 2 is 1.97 bits per heavy atom. The first-order valence-electron chi connectivity index (χ1n) is 10.8. The highest BCUT2D eigenvalue weighted by molar-refractivity contribution is 5.92. The van der Waals surface area contributed by atoms with Gasteiger partial charge in [-0.15, -0.1) is 0 Å². The monoisotopic (exact) mass is 396 g/mol. The summed E-state index contributed by atoms with van der Waals surface area (Å²) in [6.07, 6.45) is 10.9. The average Bonchev–Trinajstić information content (AvgIpc) is 2.78. The van der Waals surface area contributed by atoms with Crippen molar-refractivity contribution in [1.82, 2.24) is 14.9 Å². The van der Waals surface area contributed by atoms with Crippen molar-refractivity contribution in [2.24, 2.45) is 5.92 Å². The van der Waals surface area contributed by atoms with Gasteiger partial charge in [-0.2, -0.15) is 0 Å². The second-order valence-corrected chi connectivity index (χ2v) is 8.24. The van der Waals surface area contributed by atoms with Crippen molar-refractivity contribution in [1.29, 1.82) is 0 Å². The van der Waals surface area contributed by atoms with Gasteiger partial charge in [0.1, 0.15) is 17.3 Å². The molecule has 2 aromatic rings. The molecule has 1 unspecified atom stereocenters. The lowest BCUT2D eigenvalue weighted by atomic mass is 9.91. The van der Waals surface area contributed by atoms with Crippen LogP contribution in [0.25, 0.3) is 0 Å². The van der Waals surface area contributed by atoms with E-state index >= 15 is 0 Å². The summed E-state index contributed by atoms with van der Waals surface area (Å²) in [7, 11) is 0. The molecule has 0 saturated carbocycles. The van der Waals surface area contributed by atoms with Gasteiger partial charge in [0.15, 0.2) is 0 Å². The normalized spacial score (nSPS) is 20.0. The molecule has 1 aromatic carbocycles. The van der Waals surface area contributed by atoms with E-state index in [0.29, 0.717) is 11.6 Å². The summed E-state index contributed by atoms with van der Waals surface area (Å²) >= 11 is 0.